The van der Waals surface area contributed by atoms with Gasteiger partial charge in [0.1, 0.15) is 18.3 Å². The van der Waals surface area contributed by atoms with Gasteiger partial charge in [-0.1, -0.05) is 19.1 Å². The van der Waals surface area contributed by atoms with Crippen molar-refractivity contribution in [2.45, 2.75) is 20.4 Å². The number of fused-ring (bicyclic) bond motifs is 2. The third kappa shape index (κ3) is 3.83. The number of para-hydroxylation sites is 2. The monoisotopic (exact) mass is 477 g/mol. The van der Waals surface area contributed by atoms with Crippen molar-refractivity contribution in [1.82, 2.24) is 25.1 Å². The fraction of sp³-hybridized carbons (Fsp3) is 0.320. The van der Waals surface area contributed by atoms with E-state index in [4.69, 9.17) is 4.99 Å². The average Bonchev–Trinajstić information content (AvgIpc) is 3.52. The number of hydrogen-bond donors (Lipinski definition) is 2. The van der Waals surface area contributed by atoms with Crippen LogP contribution in [0.15, 0.2) is 53.4 Å². The Hall–Kier alpha value is -3.79. The Labute approximate surface area is 200 Å². The molecule has 0 bridgehead atoms. The number of aliphatic imine (C=N–C) groups is 1. The van der Waals surface area contributed by atoms with Crippen LogP contribution in [0.1, 0.15) is 18.3 Å². The third-order valence-corrected chi connectivity index (χ3v) is 6.96. The minimum atomic E-state index is -0.924. The van der Waals surface area contributed by atoms with Crippen LogP contribution in [0.3, 0.4) is 0 Å². The first-order valence-electron chi connectivity index (χ1n) is 11.6. The third-order valence-electron chi connectivity index (χ3n) is 6.96. The van der Waals surface area contributed by atoms with Crippen LogP contribution in [0.4, 0.5) is 19.3 Å². The lowest BCUT2D eigenvalue weighted by Crippen LogP contribution is -2.49. The van der Waals surface area contributed by atoms with Crippen LogP contribution in [0.25, 0.3) is 11.0 Å². The summed E-state index contributed by atoms with van der Waals surface area (Å²) in [6, 6.07) is 10.00. The molecule has 0 saturated carbocycles. The number of aromatic nitrogens is 2. The quantitative estimate of drug-likeness (QED) is 0.597. The van der Waals surface area contributed by atoms with E-state index in [1.165, 1.54) is 4.90 Å². The van der Waals surface area contributed by atoms with Gasteiger partial charge in [-0.2, -0.15) is 0 Å². The van der Waals surface area contributed by atoms with Crippen molar-refractivity contribution >= 4 is 28.6 Å². The van der Waals surface area contributed by atoms with Gasteiger partial charge in [-0.25, -0.2) is 23.6 Å². The number of nitrogens with one attached hydrogen (secondary N) is 2. The summed E-state index contributed by atoms with van der Waals surface area (Å²) in [6.45, 7) is 6.34. The van der Waals surface area contributed by atoms with Crippen LogP contribution in [-0.2, 0) is 6.54 Å². The van der Waals surface area contributed by atoms with Gasteiger partial charge in [0.2, 0.25) is 0 Å². The number of aromatic amines is 1. The van der Waals surface area contributed by atoms with Crippen molar-refractivity contribution in [3.63, 3.8) is 0 Å². The fourth-order valence-electron chi connectivity index (χ4n) is 5.17. The Morgan fingerprint density at radius 3 is 2.77 bits per heavy atom. The lowest BCUT2D eigenvalue weighted by atomic mass is 9.96. The number of hydrogen-bond acceptors (Lipinski definition) is 5. The van der Waals surface area contributed by atoms with Crippen molar-refractivity contribution in [3.8, 4) is 0 Å². The Balaban J connectivity index is 1.21. The lowest BCUT2D eigenvalue weighted by molar-refractivity contribution is 0.216. The summed E-state index contributed by atoms with van der Waals surface area (Å²) < 4.78 is 27.4. The molecule has 180 valence electrons. The van der Waals surface area contributed by atoms with Gasteiger partial charge < -0.3 is 9.88 Å². The van der Waals surface area contributed by atoms with E-state index in [1.54, 1.807) is 18.0 Å². The second-order valence-corrected chi connectivity index (χ2v) is 9.49. The molecule has 2 atom stereocenters. The number of carbonyl (C=O) groups is 1. The second kappa shape index (κ2) is 8.16. The van der Waals surface area contributed by atoms with Gasteiger partial charge in [0, 0.05) is 37.0 Å². The molecule has 2 amide bonds. The Morgan fingerprint density at radius 1 is 1.14 bits per heavy atom. The van der Waals surface area contributed by atoms with Crippen molar-refractivity contribution in [2.24, 2.45) is 16.8 Å². The highest BCUT2D eigenvalue weighted by molar-refractivity contribution is 6.02. The molecular weight excluding hydrogens is 452 g/mol. The zero-order valence-corrected chi connectivity index (χ0v) is 19.4. The summed E-state index contributed by atoms with van der Waals surface area (Å²) in [4.78, 5) is 31.3. The summed E-state index contributed by atoms with van der Waals surface area (Å²) in [7, 11) is 0. The van der Waals surface area contributed by atoms with Gasteiger partial charge in [-0.15, -0.1) is 0 Å². The summed E-state index contributed by atoms with van der Waals surface area (Å²) in [6.07, 6.45) is 1.71. The topological polar surface area (TPSA) is 79.9 Å². The predicted molar refractivity (Wildman–Crippen MR) is 128 cm³/mol. The van der Waals surface area contributed by atoms with Gasteiger partial charge in [0.25, 0.3) is 0 Å². The molecule has 1 saturated heterocycles. The molecule has 2 unspecified atom stereocenters. The molecule has 1 fully saturated rings. The van der Waals surface area contributed by atoms with Crippen LogP contribution < -0.4 is 10.2 Å². The standard InChI is InChI=1S/C25H25F2N7O/c1-14-7-17(26)18(27)8-21(14)33-12-23-30-24(31-25(35)34(23)13-33)16-10-32(9-15(16)2)11-22-28-19-5-3-4-6-20(19)29-22/h3-8,12,15-16H,9-11,13H2,1-2H3,(H,28,29)(H,30,31,35). The van der Waals surface area contributed by atoms with Crippen molar-refractivity contribution in [1.29, 1.82) is 0 Å². The average molecular weight is 478 g/mol. The number of aryl methyl sites for hydroxylation is 1. The minimum absolute atomic E-state index is 0.0606. The number of H-pyrrole nitrogens is 1. The highest BCUT2D eigenvalue weighted by Crippen LogP contribution is 2.32. The molecule has 8 nitrogen and oxygen atoms in total. The summed E-state index contributed by atoms with van der Waals surface area (Å²) in [5.41, 5.74) is 3.05. The van der Waals surface area contributed by atoms with Gasteiger partial charge in [-0.05, 0) is 36.6 Å². The first-order chi connectivity index (χ1) is 16.9. The van der Waals surface area contributed by atoms with E-state index >= 15 is 0 Å². The number of nitrogens with zero attached hydrogens (tertiary/aromatic N) is 5. The number of amides is 2. The van der Waals surface area contributed by atoms with E-state index in [0.717, 1.165) is 42.1 Å². The molecule has 0 radical (unpaired) electrons. The SMILES string of the molecule is Cc1cc(F)c(F)cc1N1C=C2N=C(C3CN(Cc4nc5ccccc5[nH]4)CC3C)NC(=O)N2C1. The normalized spacial score (nSPS) is 22.5. The molecular formula is C25H25F2N7O. The van der Waals surface area contributed by atoms with E-state index in [1.807, 2.05) is 24.3 Å². The number of benzene rings is 2. The molecule has 3 aromatic rings. The molecule has 4 heterocycles. The van der Waals surface area contributed by atoms with Crippen molar-refractivity contribution in [3.05, 3.63) is 71.4 Å². The predicted octanol–water partition coefficient (Wildman–Crippen LogP) is 3.92. The van der Waals surface area contributed by atoms with E-state index in [2.05, 4.69) is 27.1 Å². The summed E-state index contributed by atoms with van der Waals surface area (Å²) in [5.74, 6) is 0.581. The Morgan fingerprint density at radius 2 is 1.94 bits per heavy atom. The largest absolute Gasteiger partial charge is 0.341 e. The number of rotatable bonds is 4. The zero-order chi connectivity index (χ0) is 24.3. The highest BCUT2D eigenvalue weighted by Gasteiger charge is 2.39. The van der Waals surface area contributed by atoms with Crippen molar-refractivity contribution in [2.75, 3.05) is 24.7 Å². The van der Waals surface area contributed by atoms with E-state index < -0.39 is 11.6 Å². The molecule has 1 aromatic heterocycles. The molecule has 35 heavy (non-hydrogen) atoms. The summed E-state index contributed by atoms with van der Waals surface area (Å²) in [5, 5.41) is 2.96. The number of likely N-dealkylation sites (tertiary alicyclic amines) is 1. The first kappa shape index (κ1) is 21.7. The lowest BCUT2D eigenvalue weighted by Gasteiger charge is -2.28. The maximum atomic E-state index is 13.9. The molecule has 6 rings (SSSR count). The van der Waals surface area contributed by atoms with Crippen LogP contribution in [0, 0.1) is 30.4 Å². The van der Waals surface area contributed by atoms with Gasteiger partial charge in [0.15, 0.2) is 17.5 Å². The molecule has 2 N–H and O–H groups in total. The smallest absolute Gasteiger partial charge is 0.329 e. The molecule has 0 spiro atoms. The molecule has 3 aliphatic rings. The van der Waals surface area contributed by atoms with Gasteiger partial charge in [0.05, 0.1) is 17.6 Å². The Bertz CT molecular complexity index is 1360. The maximum absolute atomic E-state index is 13.9. The second-order valence-electron chi connectivity index (χ2n) is 9.49. The molecule has 0 aliphatic carbocycles. The van der Waals surface area contributed by atoms with Crippen LogP contribution in [0.2, 0.25) is 0 Å². The number of amidine groups is 1. The van der Waals surface area contributed by atoms with E-state index in [9.17, 15) is 13.6 Å². The maximum Gasteiger partial charge on any atom is 0.329 e. The highest BCUT2D eigenvalue weighted by atomic mass is 19.2. The number of imidazole rings is 1. The van der Waals surface area contributed by atoms with Crippen LogP contribution in [-0.4, -0.2) is 51.4 Å². The fourth-order valence-corrected chi connectivity index (χ4v) is 5.17. The molecule has 3 aliphatic heterocycles. The number of urea groups is 1. The van der Waals surface area contributed by atoms with Gasteiger partial charge >= 0.3 is 6.03 Å². The van der Waals surface area contributed by atoms with Crippen LogP contribution in [0.5, 0.6) is 0 Å². The number of carbonyl (C=O) groups excluding carboxylic acids is 1. The minimum Gasteiger partial charge on any atom is -0.341 e. The van der Waals surface area contributed by atoms with Crippen molar-refractivity contribution < 1.29 is 13.6 Å². The van der Waals surface area contributed by atoms with E-state index in [-0.39, 0.29) is 24.5 Å². The zero-order valence-electron chi connectivity index (χ0n) is 19.4. The molecule has 10 heteroatoms. The molecule has 2 aromatic carbocycles. The number of anilines is 1. The Kier molecular flexibility index (Phi) is 5.06. The first-order valence-corrected chi connectivity index (χ1v) is 11.6. The van der Waals surface area contributed by atoms with Crippen LogP contribution >= 0.6 is 0 Å². The van der Waals surface area contributed by atoms with Gasteiger partial charge in [-0.3, -0.25) is 15.1 Å². The summed E-state index contributed by atoms with van der Waals surface area (Å²) >= 11 is 0. The van der Waals surface area contributed by atoms with E-state index in [0.29, 0.717) is 29.5 Å². The number of halogens is 2.